The fourth-order valence-electron chi connectivity index (χ4n) is 3.21. The van der Waals surface area contributed by atoms with E-state index in [0.29, 0.717) is 12.7 Å². The second-order valence-electron chi connectivity index (χ2n) is 6.30. The Hall–Kier alpha value is -1.01. The van der Waals surface area contributed by atoms with Crippen molar-refractivity contribution in [3.05, 3.63) is 30.1 Å². The van der Waals surface area contributed by atoms with Gasteiger partial charge in [0.05, 0.1) is 18.3 Å². The van der Waals surface area contributed by atoms with E-state index in [1.807, 2.05) is 18.3 Å². The number of rotatable bonds is 5. The highest BCUT2D eigenvalue weighted by Crippen LogP contribution is 2.21. The molecule has 0 bridgehead atoms. The Morgan fingerprint density at radius 1 is 1.43 bits per heavy atom. The van der Waals surface area contributed by atoms with Crippen molar-refractivity contribution < 1.29 is 9.84 Å². The fourth-order valence-corrected chi connectivity index (χ4v) is 3.21. The number of piperidine rings is 1. The topological polar surface area (TPSA) is 57.6 Å². The minimum atomic E-state index is -0.524. The number of likely N-dealkylation sites (tertiary alicyclic amines) is 1. The average molecular weight is 291 g/mol. The molecule has 3 rings (SSSR count). The van der Waals surface area contributed by atoms with Crippen LogP contribution in [0.2, 0.25) is 0 Å². The minimum absolute atomic E-state index is 0.331. The van der Waals surface area contributed by atoms with Gasteiger partial charge in [-0.25, -0.2) is 0 Å². The van der Waals surface area contributed by atoms with Crippen molar-refractivity contribution in [2.45, 2.75) is 37.6 Å². The van der Waals surface area contributed by atoms with E-state index >= 15 is 0 Å². The summed E-state index contributed by atoms with van der Waals surface area (Å²) in [5.74, 6) is 0. The number of nitrogens with one attached hydrogen (secondary N) is 1. The molecule has 0 radical (unpaired) electrons. The highest BCUT2D eigenvalue weighted by Gasteiger charge is 2.34. The summed E-state index contributed by atoms with van der Waals surface area (Å²) in [6.07, 6.45) is 6.93. The number of ether oxygens (including phenoxy) is 1. The van der Waals surface area contributed by atoms with Crippen LogP contribution in [0.1, 0.15) is 24.8 Å². The quantitative estimate of drug-likeness (QED) is 0.840. The van der Waals surface area contributed by atoms with Crippen LogP contribution in [0.4, 0.5) is 0 Å². The van der Waals surface area contributed by atoms with Crippen LogP contribution in [0.15, 0.2) is 24.5 Å². The van der Waals surface area contributed by atoms with Crippen molar-refractivity contribution in [1.82, 2.24) is 15.2 Å². The number of β-amino-alcohol motifs (C(OH)–C–C–N with tert-alkyl or cyclic N) is 1. The molecule has 2 aliphatic heterocycles. The third kappa shape index (κ3) is 4.23. The lowest BCUT2D eigenvalue weighted by Gasteiger charge is -2.36. The second-order valence-corrected chi connectivity index (χ2v) is 6.30. The number of hydrogen-bond donors (Lipinski definition) is 2. The lowest BCUT2D eigenvalue weighted by molar-refractivity contribution is -0.0290. The van der Waals surface area contributed by atoms with Crippen LogP contribution in [0.25, 0.3) is 0 Å². The molecular weight excluding hydrogens is 266 g/mol. The Kier molecular flexibility index (Phi) is 4.85. The maximum absolute atomic E-state index is 10.4. The molecule has 0 saturated carbocycles. The number of aliphatic hydroxyl groups is 1. The molecule has 2 fully saturated rings. The van der Waals surface area contributed by atoms with Crippen LogP contribution in [-0.4, -0.2) is 59.4 Å². The van der Waals surface area contributed by atoms with Gasteiger partial charge in [0.1, 0.15) is 0 Å². The van der Waals surface area contributed by atoms with Gasteiger partial charge in [0.2, 0.25) is 0 Å². The molecule has 2 saturated heterocycles. The smallest absolute Gasteiger partial charge is 0.0909 e. The second kappa shape index (κ2) is 6.83. The molecule has 3 heterocycles. The fraction of sp³-hybridized carbons (Fsp3) is 0.688. The third-order valence-electron chi connectivity index (χ3n) is 4.48. The Balaban J connectivity index is 1.39. The van der Waals surface area contributed by atoms with Gasteiger partial charge in [-0.1, -0.05) is 6.07 Å². The predicted octanol–water partition coefficient (Wildman–Crippen LogP) is 0.787. The van der Waals surface area contributed by atoms with Crippen molar-refractivity contribution in [2.24, 2.45) is 0 Å². The van der Waals surface area contributed by atoms with Crippen molar-refractivity contribution >= 4 is 0 Å². The number of aromatic nitrogens is 1. The van der Waals surface area contributed by atoms with E-state index in [-0.39, 0.29) is 0 Å². The summed E-state index contributed by atoms with van der Waals surface area (Å²) in [6.45, 7) is 5.12. The van der Waals surface area contributed by atoms with Gasteiger partial charge < -0.3 is 20.1 Å². The van der Waals surface area contributed by atoms with Gasteiger partial charge in [0, 0.05) is 38.6 Å². The van der Waals surface area contributed by atoms with Crippen LogP contribution in [0.3, 0.4) is 0 Å². The van der Waals surface area contributed by atoms with Crippen LogP contribution in [0, 0.1) is 0 Å². The molecule has 0 unspecified atom stereocenters. The molecule has 0 amide bonds. The lowest BCUT2D eigenvalue weighted by atomic mass is 10.00. The summed E-state index contributed by atoms with van der Waals surface area (Å²) < 4.78 is 5.97. The van der Waals surface area contributed by atoms with Crippen LogP contribution in [-0.2, 0) is 11.3 Å². The first-order valence-electron chi connectivity index (χ1n) is 7.89. The monoisotopic (exact) mass is 291 g/mol. The van der Waals surface area contributed by atoms with E-state index in [4.69, 9.17) is 4.74 Å². The zero-order valence-electron chi connectivity index (χ0n) is 12.5. The largest absolute Gasteiger partial charge is 0.387 e. The third-order valence-corrected chi connectivity index (χ3v) is 4.48. The van der Waals surface area contributed by atoms with Crippen molar-refractivity contribution in [1.29, 1.82) is 0 Å². The maximum atomic E-state index is 10.4. The summed E-state index contributed by atoms with van der Waals surface area (Å²) in [5, 5.41) is 13.7. The molecule has 5 heteroatoms. The van der Waals surface area contributed by atoms with Gasteiger partial charge in [-0.15, -0.1) is 0 Å². The first kappa shape index (κ1) is 14.9. The molecule has 21 heavy (non-hydrogen) atoms. The molecule has 0 spiro atoms. The Bertz CT molecular complexity index is 426. The van der Waals surface area contributed by atoms with Gasteiger partial charge >= 0.3 is 0 Å². The normalized spacial score (nSPS) is 28.0. The molecule has 0 aliphatic carbocycles. The van der Waals surface area contributed by atoms with Crippen LogP contribution < -0.4 is 5.32 Å². The SMILES string of the molecule is O[C@@]1(CN2CCC(OCc3cccnc3)CC2)CCNC1. The first-order chi connectivity index (χ1) is 10.2. The van der Waals surface area contributed by atoms with Crippen molar-refractivity contribution in [3.63, 3.8) is 0 Å². The summed E-state index contributed by atoms with van der Waals surface area (Å²) >= 11 is 0. The number of nitrogens with zero attached hydrogens (tertiary/aromatic N) is 2. The average Bonchev–Trinajstić information content (AvgIpc) is 2.94. The molecular formula is C16H25N3O2. The minimum Gasteiger partial charge on any atom is -0.387 e. The van der Waals surface area contributed by atoms with Gasteiger partial charge in [0.15, 0.2) is 0 Å². The van der Waals surface area contributed by atoms with E-state index in [0.717, 1.165) is 57.5 Å². The molecule has 0 aromatic carbocycles. The number of hydrogen-bond acceptors (Lipinski definition) is 5. The van der Waals surface area contributed by atoms with Gasteiger partial charge in [-0.2, -0.15) is 0 Å². The van der Waals surface area contributed by atoms with E-state index in [1.165, 1.54) is 0 Å². The highest BCUT2D eigenvalue weighted by molar-refractivity contribution is 5.06. The number of pyridine rings is 1. The molecule has 2 N–H and O–H groups in total. The standard InChI is InChI=1S/C16H25N3O2/c20-16(5-7-18-12-16)13-19-8-3-15(4-9-19)21-11-14-2-1-6-17-10-14/h1-2,6,10,15,18,20H,3-5,7-9,11-13H2/t16-/m0/s1. The lowest BCUT2D eigenvalue weighted by Crippen LogP contribution is -2.48. The Labute approximate surface area is 126 Å². The summed E-state index contributed by atoms with van der Waals surface area (Å²) in [7, 11) is 0. The summed E-state index contributed by atoms with van der Waals surface area (Å²) in [5.41, 5.74) is 0.606. The van der Waals surface area contributed by atoms with E-state index < -0.39 is 5.60 Å². The van der Waals surface area contributed by atoms with Crippen molar-refractivity contribution in [2.75, 3.05) is 32.7 Å². The molecule has 116 valence electrons. The van der Waals surface area contributed by atoms with E-state index in [2.05, 4.69) is 15.2 Å². The van der Waals surface area contributed by atoms with Crippen molar-refractivity contribution in [3.8, 4) is 0 Å². The van der Waals surface area contributed by atoms with Gasteiger partial charge in [-0.05, 0) is 37.4 Å². The Morgan fingerprint density at radius 2 is 2.29 bits per heavy atom. The van der Waals surface area contributed by atoms with Gasteiger partial charge in [0.25, 0.3) is 0 Å². The summed E-state index contributed by atoms with van der Waals surface area (Å²) in [6, 6.07) is 3.99. The molecule has 1 aromatic heterocycles. The highest BCUT2D eigenvalue weighted by atomic mass is 16.5. The van der Waals surface area contributed by atoms with Gasteiger partial charge in [-0.3, -0.25) is 4.98 Å². The zero-order chi connectivity index (χ0) is 14.5. The van der Waals surface area contributed by atoms with Crippen LogP contribution >= 0.6 is 0 Å². The van der Waals surface area contributed by atoms with E-state index in [9.17, 15) is 5.11 Å². The molecule has 2 aliphatic rings. The zero-order valence-corrected chi connectivity index (χ0v) is 12.5. The van der Waals surface area contributed by atoms with Crippen LogP contribution in [0.5, 0.6) is 0 Å². The molecule has 1 aromatic rings. The Morgan fingerprint density at radius 3 is 2.95 bits per heavy atom. The maximum Gasteiger partial charge on any atom is 0.0909 e. The van der Waals surface area contributed by atoms with E-state index in [1.54, 1.807) is 6.20 Å². The molecule has 1 atom stereocenters. The summed E-state index contributed by atoms with van der Waals surface area (Å²) in [4.78, 5) is 6.48. The molecule has 5 nitrogen and oxygen atoms in total. The predicted molar refractivity (Wildman–Crippen MR) is 80.9 cm³/mol. The first-order valence-corrected chi connectivity index (χ1v) is 7.89.